The zero-order valence-corrected chi connectivity index (χ0v) is 15.0. The number of thiophene rings is 1. The molecule has 1 aromatic heterocycles. The van der Waals surface area contributed by atoms with Crippen molar-refractivity contribution < 1.29 is 9.59 Å². The van der Waals surface area contributed by atoms with Gasteiger partial charge in [0.15, 0.2) is 0 Å². The molecule has 0 spiro atoms. The van der Waals surface area contributed by atoms with E-state index >= 15 is 0 Å². The Balaban J connectivity index is 1.31. The van der Waals surface area contributed by atoms with E-state index in [1.807, 2.05) is 26.6 Å². The zero-order valence-electron chi connectivity index (χ0n) is 14.2. The van der Waals surface area contributed by atoms with E-state index in [1.165, 1.54) is 25.7 Å². The van der Waals surface area contributed by atoms with Gasteiger partial charge in [0.1, 0.15) is 0 Å². The molecule has 0 N–H and O–H groups in total. The van der Waals surface area contributed by atoms with Crippen LogP contribution in [0.2, 0.25) is 0 Å². The van der Waals surface area contributed by atoms with Crippen LogP contribution >= 0.6 is 11.3 Å². The minimum atomic E-state index is 0.110. The predicted octanol–water partition coefficient (Wildman–Crippen LogP) is 3.25. The molecule has 24 heavy (non-hydrogen) atoms. The van der Waals surface area contributed by atoms with Gasteiger partial charge in [-0.25, -0.2) is 0 Å². The summed E-state index contributed by atoms with van der Waals surface area (Å²) in [6.45, 7) is 2.91. The van der Waals surface area contributed by atoms with Crippen molar-refractivity contribution in [2.45, 2.75) is 38.5 Å². The van der Waals surface area contributed by atoms with Gasteiger partial charge in [-0.05, 0) is 54.9 Å². The summed E-state index contributed by atoms with van der Waals surface area (Å²) in [4.78, 5) is 29.1. The fourth-order valence-corrected chi connectivity index (χ4v) is 5.55. The molecule has 3 atom stereocenters. The molecular formula is C19H26N2O2S. The Morgan fingerprint density at radius 2 is 1.92 bits per heavy atom. The summed E-state index contributed by atoms with van der Waals surface area (Å²) < 4.78 is 0. The molecule has 3 fully saturated rings. The molecule has 2 bridgehead atoms. The summed E-state index contributed by atoms with van der Waals surface area (Å²) in [5.74, 6) is 2.76. The van der Waals surface area contributed by atoms with Crippen molar-refractivity contribution in [1.29, 1.82) is 0 Å². The smallest absolute Gasteiger partial charge is 0.254 e. The number of carbonyl (C=O) groups is 2. The number of amides is 2. The highest BCUT2D eigenvalue weighted by Gasteiger charge is 2.40. The normalized spacial score (nSPS) is 29.8. The minimum Gasteiger partial charge on any atom is -0.341 e. The van der Waals surface area contributed by atoms with Crippen LogP contribution in [0.5, 0.6) is 0 Å². The van der Waals surface area contributed by atoms with Gasteiger partial charge in [-0.2, -0.15) is 11.3 Å². The van der Waals surface area contributed by atoms with Crippen LogP contribution in [-0.4, -0.2) is 47.8 Å². The average Bonchev–Trinajstić information content (AvgIpc) is 3.29. The molecule has 5 heteroatoms. The van der Waals surface area contributed by atoms with Crippen LogP contribution in [0.1, 0.15) is 48.9 Å². The third-order valence-corrected chi connectivity index (χ3v) is 6.91. The summed E-state index contributed by atoms with van der Waals surface area (Å²) in [7, 11) is 0. The van der Waals surface area contributed by atoms with Crippen LogP contribution in [0.15, 0.2) is 16.8 Å². The number of nitrogens with zero attached hydrogens (tertiary/aromatic N) is 2. The van der Waals surface area contributed by atoms with E-state index in [0.29, 0.717) is 24.9 Å². The van der Waals surface area contributed by atoms with Gasteiger partial charge >= 0.3 is 0 Å². The van der Waals surface area contributed by atoms with E-state index in [9.17, 15) is 9.59 Å². The fourth-order valence-electron chi connectivity index (χ4n) is 4.92. The first-order valence-corrected chi connectivity index (χ1v) is 10.2. The maximum atomic E-state index is 12.7. The molecule has 1 saturated heterocycles. The standard InChI is InChI=1S/C19H26N2O2S/c22-18(12-17-11-14-2-3-15(17)10-14)20-5-1-6-21(8-7-20)19(23)16-4-9-24-13-16/h4,9,13-15,17H,1-3,5-8,10-12H2. The highest BCUT2D eigenvalue weighted by molar-refractivity contribution is 7.08. The van der Waals surface area contributed by atoms with Crippen molar-refractivity contribution in [2.24, 2.45) is 17.8 Å². The Bertz CT molecular complexity index is 601. The van der Waals surface area contributed by atoms with Crippen LogP contribution < -0.4 is 0 Å². The lowest BCUT2D eigenvalue weighted by atomic mass is 9.86. The Labute approximate surface area is 147 Å². The first kappa shape index (κ1) is 16.1. The predicted molar refractivity (Wildman–Crippen MR) is 95.0 cm³/mol. The van der Waals surface area contributed by atoms with Crippen LogP contribution in [0, 0.1) is 17.8 Å². The third-order valence-electron chi connectivity index (χ3n) is 6.23. The van der Waals surface area contributed by atoms with Gasteiger partial charge < -0.3 is 9.80 Å². The van der Waals surface area contributed by atoms with Gasteiger partial charge in [0.05, 0.1) is 5.56 Å². The molecular weight excluding hydrogens is 320 g/mol. The van der Waals surface area contributed by atoms with Crippen LogP contribution in [0.3, 0.4) is 0 Å². The van der Waals surface area contributed by atoms with Gasteiger partial charge in [-0.1, -0.05) is 6.42 Å². The van der Waals surface area contributed by atoms with Crippen molar-refractivity contribution in [2.75, 3.05) is 26.2 Å². The Morgan fingerprint density at radius 1 is 1.08 bits per heavy atom. The fraction of sp³-hybridized carbons (Fsp3) is 0.684. The molecule has 1 aromatic rings. The van der Waals surface area contributed by atoms with Crippen LogP contribution in [0.25, 0.3) is 0 Å². The van der Waals surface area contributed by atoms with Crippen LogP contribution in [0.4, 0.5) is 0 Å². The lowest BCUT2D eigenvalue weighted by molar-refractivity contribution is -0.132. The molecule has 3 aliphatic rings. The molecule has 4 nitrogen and oxygen atoms in total. The first-order valence-electron chi connectivity index (χ1n) is 9.30. The summed E-state index contributed by atoms with van der Waals surface area (Å²) >= 11 is 1.55. The SMILES string of the molecule is O=C(CC1CC2CCC1C2)N1CCCN(C(=O)c2ccsc2)CC1. The molecule has 0 aromatic carbocycles. The van der Waals surface area contributed by atoms with E-state index in [0.717, 1.165) is 43.3 Å². The van der Waals surface area contributed by atoms with Gasteiger partial charge in [0.2, 0.25) is 5.91 Å². The van der Waals surface area contributed by atoms with Crippen LogP contribution in [-0.2, 0) is 4.79 Å². The van der Waals surface area contributed by atoms with Crippen molar-refractivity contribution >= 4 is 23.2 Å². The molecule has 3 unspecified atom stereocenters. The monoisotopic (exact) mass is 346 g/mol. The highest BCUT2D eigenvalue weighted by Crippen LogP contribution is 2.49. The minimum absolute atomic E-state index is 0.110. The zero-order chi connectivity index (χ0) is 16.5. The van der Waals surface area contributed by atoms with E-state index in [-0.39, 0.29) is 5.91 Å². The van der Waals surface area contributed by atoms with Gasteiger partial charge in [-0.15, -0.1) is 0 Å². The van der Waals surface area contributed by atoms with E-state index in [4.69, 9.17) is 0 Å². The van der Waals surface area contributed by atoms with Crippen molar-refractivity contribution in [1.82, 2.24) is 9.80 Å². The second kappa shape index (κ2) is 6.87. The van der Waals surface area contributed by atoms with E-state index < -0.39 is 0 Å². The highest BCUT2D eigenvalue weighted by atomic mass is 32.1. The molecule has 1 aliphatic heterocycles. The maximum absolute atomic E-state index is 12.7. The summed E-state index contributed by atoms with van der Waals surface area (Å²) in [6.07, 6.45) is 6.98. The number of hydrogen-bond donors (Lipinski definition) is 0. The van der Waals surface area contributed by atoms with Gasteiger partial charge in [-0.3, -0.25) is 9.59 Å². The molecule has 4 rings (SSSR count). The second-order valence-electron chi connectivity index (χ2n) is 7.68. The number of rotatable bonds is 3. The largest absolute Gasteiger partial charge is 0.341 e. The second-order valence-corrected chi connectivity index (χ2v) is 8.46. The number of fused-ring (bicyclic) bond motifs is 2. The van der Waals surface area contributed by atoms with Crippen molar-refractivity contribution in [3.63, 3.8) is 0 Å². The summed E-state index contributed by atoms with van der Waals surface area (Å²) in [6, 6.07) is 1.88. The third kappa shape index (κ3) is 3.23. The Kier molecular flexibility index (Phi) is 4.61. The van der Waals surface area contributed by atoms with Crippen molar-refractivity contribution in [3.8, 4) is 0 Å². The average molecular weight is 346 g/mol. The Morgan fingerprint density at radius 3 is 2.62 bits per heavy atom. The quantitative estimate of drug-likeness (QED) is 0.843. The Hall–Kier alpha value is -1.36. The number of hydrogen-bond acceptors (Lipinski definition) is 3. The first-order chi connectivity index (χ1) is 11.7. The molecule has 2 heterocycles. The van der Waals surface area contributed by atoms with E-state index in [1.54, 1.807) is 11.3 Å². The molecule has 130 valence electrons. The van der Waals surface area contributed by atoms with Gasteiger partial charge in [0.25, 0.3) is 5.91 Å². The molecule has 2 aliphatic carbocycles. The number of carbonyl (C=O) groups excluding carboxylic acids is 2. The summed E-state index contributed by atoms with van der Waals surface area (Å²) in [5, 5.41) is 3.85. The van der Waals surface area contributed by atoms with E-state index in [2.05, 4.69) is 0 Å². The summed E-state index contributed by atoms with van der Waals surface area (Å²) in [5.41, 5.74) is 0.779. The maximum Gasteiger partial charge on any atom is 0.254 e. The van der Waals surface area contributed by atoms with Crippen molar-refractivity contribution in [3.05, 3.63) is 22.4 Å². The molecule has 2 amide bonds. The van der Waals surface area contributed by atoms with Gasteiger partial charge in [0, 0.05) is 38.0 Å². The molecule has 2 saturated carbocycles. The lowest BCUT2D eigenvalue weighted by Gasteiger charge is -2.26. The topological polar surface area (TPSA) is 40.6 Å². The molecule has 0 radical (unpaired) electrons. The lowest BCUT2D eigenvalue weighted by Crippen LogP contribution is -2.38.